The first kappa shape index (κ1) is 18.1. The minimum atomic E-state index is -0.494. The second kappa shape index (κ2) is 11.7. The van der Waals surface area contributed by atoms with Gasteiger partial charge in [-0.15, -0.1) is 0 Å². The summed E-state index contributed by atoms with van der Waals surface area (Å²) in [7, 11) is 0. The Bertz CT molecular complexity index is 345. The topological polar surface area (TPSA) is 50.7 Å². The van der Waals surface area contributed by atoms with Gasteiger partial charge in [0.25, 0.3) is 0 Å². The standard InChI is InChI=1S/C17H29NO3/c1-3-4-10-20-11-12-21-14-17(19)13-18-15(2)16-8-6-5-7-9-16/h5-9,15,17-19H,3-4,10-14H2,1-2H3. The van der Waals surface area contributed by atoms with Crippen LogP contribution in [0.1, 0.15) is 38.3 Å². The Morgan fingerprint density at radius 3 is 2.52 bits per heavy atom. The van der Waals surface area contributed by atoms with Crippen molar-refractivity contribution < 1.29 is 14.6 Å². The summed E-state index contributed by atoms with van der Waals surface area (Å²) in [5, 5.41) is 13.2. The number of unbranched alkanes of at least 4 members (excludes halogenated alkanes) is 1. The second-order valence-electron chi connectivity index (χ2n) is 5.24. The molecule has 0 radical (unpaired) electrons. The summed E-state index contributed by atoms with van der Waals surface area (Å²) in [6.45, 7) is 7.01. The number of hydrogen-bond donors (Lipinski definition) is 2. The normalized spacial score (nSPS) is 14.0. The average molecular weight is 295 g/mol. The molecule has 2 unspecified atom stereocenters. The highest BCUT2D eigenvalue weighted by Crippen LogP contribution is 2.10. The predicted molar refractivity (Wildman–Crippen MR) is 85.4 cm³/mol. The van der Waals surface area contributed by atoms with Crippen molar-refractivity contribution in [2.45, 2.75) is 38.8 Å². The van der Waals surface area contributed by atoms with Gasteiger partial charge in [0.2, 0.25) is 0 Å². The number of aliphatic hydroxyl groups is 1. The van der Waals surface area contributed by atoms with E-state index in [0.717, 1.165) is 19.4 Å². The van der Waals surface area contributed by atoms with Gasteiger partial charge >= 0.3 is 0 Å². The Hall–Kier alpha value is -0.940. The molecule has 0 bridgehead atoms. The van der Waals surface area contributed by atoms with Crippen LogP contribution in [0.4, 0.5) is 0 Å². The first-order valence-electron chi connectivity index (χ1n) is 7.86. The highest BCUT2D eigenvalue weighted by Gasteiger charge is 2.08. The zero-order valence-corrected chi connectivity index (χ0v) is 13.3. The van der Waals surface area contributed by atoms with Crippen molar-refractivity contribution >= 4 is 0 Å². The van der Waals surface area contributed by atoms with Crippen LogP contribution in [0.15, 0.2) is 30.3 Å². The summed E-state index contributed by atoms with van der Waals surface area (Å²) in [5.41, 5.74) is 1.22. The molecule has 4 nitrogen and oxygen atoms in total. The van der Waals surface area contributed by atoms with E-state index in [1.807, 2.05) is 18.2 Å². The van der Waals surface area contributed by atoms with Crippen LogP contribution in [0.5, 0.6) is 0 Å². The van der Waals surface area contributed by atoms with E-state index in [2.05, 4.69) is 31.3 Å². The van der Waals surface area contributed by atoms with Crippen LogP contribution in [0.25, 0.3) is 0 Å². The van der Waals surface area contributed by atoms with Crippen molar-refractivity contribution in [2.75, 3.05) is 33.0 Å². The molecule has 0 saturated carbocycles. The fraction of sp³-hybridized carbons (Fsp3) is 0.647. The molecule has 2 atom stereocenters. The van der Waals surface area contributed by atoms with Gasteiger partial charge < -0.3 is 19.9 Å². The van der Waals surface area contributed by atoms with Crippen molar-refractivity contribution in [3.05, 3.63) is 35.9 Å². The fourth-order valence-corrected chi connectivity index (χ4v) is 1.92. The van der Waals surface area contributed by atoms with E-state index in [1.54, 1.807) is 0 Å². The van der Waals surface area contributed by atoms with Crippen molar-refractivity contribution in [3.63, 3.8) is 0 Å². The monoisotopic (exact) mass is 295 g/mol. The zero-order valence-electron chi connectivity index (χ0n) is 13.3. The Kier molecular flexibility index (Phi) is 10.1. The Morgan fingerprint density at radius 1 is 1.10 bits per heavy atom. The molecule has 2 N–H and O–H groups in total. The SMILES string of the molecule is CCCCOCCOCC(O)CNC(C)c1ccccc1. The van der Waals surface area contributed by atoms with Crippen LogP contribution in [0, 0.1) is 0 Å². The zero-order chi connectivity index (χ0) is 15.3. The molecule has 0 fully saturated rings. The lowest BCUT2D eigenvalue weighted by atomic mass is 10.1. The third kappa shape index (κ3) is 8.83. The molecule has 1 aromatic carbocycles. The van der Waals surface area contributed by atoms with Crippen LogP contribution < -0.4 is 5.32 Å². The summed E-state index contributed by atoms with van der Waals surface area (Å²) in [6.07, 6.45) is 1.74. The number of aliphatic hydroxyl groups excluding tert-OH is 1. The molecular weight excluding hydrogens is 266 g/mol. The minimum absolute atomic E-state index is 0.221. The molecule has 0 spiro atoms. The Balaban J connectivity index is 2.02. The molecule has 4 heteroatoms. The fourth-order valence-electron chi connectivity index (χ4n) is 1.92. The third-order valence-corrected chi connectivity index (χ3v) is 3.28. The van der Waals surface area contributed by atoms with Crippen LogP contribution in [-0.2, 0) is 9.47 Å². The Morgan fingerprint density at radius 2 is 1.81 bits per heavy atom. The van der Waals surface area contributed by atoms with Crippen LogP contribution >= 0.6 is 0 Å². The first-order valence-corrected chi connectivity index (χ1v) is 7.86. The molecule has 1 rings (SSSR count). The van der Waals surface area contributed by atoms with Gasteiger partial charge in [0.1, 0.15) is 0 Å². The van der Waals surface area contributed by atoms with Gasteiger partial charge in [-0.2, -0.15) is 0 Å². The maximum absolute atomic E-state index is 9.86. The molecule has 0 aliphatic heterocycles. The van der Waals surface area contributed by atoms with Crippen molar-refractivity contribution in [2.24, 2.45) is 0 Å². The predicted octanol–water partition coefficient (Wildman–Crippen LogP) is 2.53. The van der Waals surface area contributed by atoms with E-state index >= 15 is 0 Å². The van der Waals surface area contributed by atoms with Gasteiger partial charge in [0.05, 0.1) is 25.9 Å². The molecule has 1 aromatic rings. The van der Waals surface area contributed by atoms with Crippen LogP contribution in [0.2, 0.25) is 0 Å². The third-order valence-electron chi connectivity index (χ3n) is 3.28. The summed E-state index contributed by atoms with van der Waals surface area (Å²) >= 11 is 0. The van der Waals surface area contributed by atoms with Crippen molar-refractivity contribution in [1.29, 1.82) is 0 Å². The highest BCUT2D eigenvalue weighted by atomic mass is 16.5. The van der Waals surface area contributed by atoms with Gasteiger partial charge in [-0.1, -0.05) is 43.7 Å². The highest BCUT2D eigenvalue weighted by molar-refractivity contribution is 5.17. The van der Waals surface area contributed by atoms with E-state index in [9.17, 15) is 5.11 Å². The van der Waals surface area contributed by atoms with E-state index in [1.165, 1.54) is 5.56 Å². The van der Waals surface area contributed by atoms with Gasteiger partial charge in [-0.05, 0) is 18.9 Å². The van der Waals surface area contributed by atoms with Crippen LogP contribution in [0.3, 0.4) is 0 Å². The van der Waals surface area contributed by atoms with E-state index in [-0.39, 0.29) is 6.04 Å². The lowest BCUT2D eigenvalue weighted by molar-refractivity contribution is 0.00332. The number of rotatable bonds is 12. The summed E-state index contributed by atoms with van der Waals surface area (Å²) in [6, 6.07) is 10.4. The van der Waals surface area contributed by atoms with Crippen molar-refractivity contribution in [3.8, 4) is 0 Å². The smallest absolute Gasteiger partial charge is 0.0897 e. The lowest BCUT2D eigenvalue weighted by Crippen LogP contribution is -2.32. The molecule has 0 aromatic heterocycles. The molecule has 120 valence electrons. The molecular formula is C17H29NO3. The van der Waals surface area contributed by atoms with Gasteiger partial charge in [0.15, 0.2) is 0 Å². The molecule has 0 amide bonds. The van der Waals surface area contributed by atoms with E-state index in [4.69, 9.17) is 9.47 Å². The average Bonchev–Trinajstić information content (AvgIpc) is 2.52. The van der Waals surface area contributed by atoms with Crippen LogP contribution in [-0.4, -0.2) is 44.2 Å². The molecule has 0 aliphatic rings. The maximum atomic E-state index is 9.86. The number of nitrogens with one attached hydrogen (secondary N) is 1. The largest absolute Gasteiger partial charge is 0.389 e. The Labute approximate surface area is 128 Å². The number of benzene rings is 1. The van der Waals surface area contributed by atoms with Gasteiger partial charge in [0, 0.05) is 19.2 Å². The first-order chi connectivity index (χ1) is 10.2. The quantitative estimate of drug-likeness (QED) is 0.582. The lowest BCUT2D eigenvalue weighted by Gasteiger charge is -2.17. The summed E-state index contributed by atoms with van der Waals surface area (Å²) in [4.78, 5) is 0. The number of hydrogen-bond acceptors (Lipinski definition) is 4. The van der Waals surface area contributed by atoms with E-state index in [0.29, 0.717) is 26.4 Å². The van der Waals surface area contributed by atoms with Crippen molar-refractivity contribution in [1.82, 2.24) is 5.32 Å². The number of ether oxygens (including phenoxy) is 2. The van der Waals surface area contributed by atoms with Gasteiger partial charge in [-0.3, -0.25) is 0 Å². The second-order valence-corrected chi connectivity index (χ2v) is 5.24. The molecule has 0 aliphatic carbocycles. The molecule has 0 saturated heterocycles. The maximum Gasteiger partial charge on any atom is 0.0897 e. The summed E-state index contributed by atoms with van der Waals surface area (Å²) < 4.78 is 10.8. The molecule has 21 heavy (non-hydrogen) atoms. The minimum Gasteiger partial charge on any atom is -0.389 e. The van der Waals surface area contributed by atoms with Gasteiger partial charge in [-0.25, -0.2) is 0 Å². The molecule has 0 heterocycles. The van der Waals surface area contributed by atoms with E-state index < -0.39 is 6.10 Å². The summed E-state index contributed by atoms with van der Waals surface area (Å²) in [5.74, 6) is 0.